The number of piperidine rings is 1. The van der Waals surface area contributed by atoms with Crippen LogP contribution in [0.2, 0.25) is 5.15 Å². The lowest BCUT2D eigenvalue weighted by Gasteiger charge is -2.21. The summed E-state index contributed by atoms with van der Waals surface area (Å²) in [5.41, 5.74) is 1.07. The van der Waals surface area contributed by atoms with E-state index in [0.29, 0.717) is 5.15 Å². The molecule has 3 nitrogen and oxygen atoms in total. The number of hydrogen-bond donors (Lipinski definition) is 1. The Hall–Kier alpha value is -1.09. The topological polar surface area (TPSA) is 42.0 Å². The molecule has 0 saturated carbocycles. The van der Waals surface area contributed by atoms with Crippen LogP contribution in [0.4, 0.5) is 0 Å². The summed E-state index contributed by atoms with van der Waals surface area (Å²) >= 11 is 5.69. The quantitative estimate of drug-likeness (QED) is 0.779. The van der Waals surface area contributed by atoms with E-state index in [9.17, 15) is 4.79 Å². The zero-order valence-electron chi connectivity index (χ0n) is 8.37. The van der Waals surface area contributed by atoms with Gasteiger partial charge < -0.3 is 5.32 Å². The summed E-state index contributed by atoms with van der Waals surface area (Å²) in [6.07, 6.45) is 4.53. The second-order valence-electron chi connectivity index (χ2n) is 3.82. The van der Waals surface area contributed by atoms with Gasteiger partial charge in [0.1, 0.15) is 5.15 Å². The van der Waals surface area contributed by atoms with E-state index in [1.165, 1.54) is 0 Å². The predicted octanol–water partition coefficient (Wildman–Crippen LogP) is 1.80. The Labute approximate surface area is 93.8 Å². The van der Waals surface area contributed by atoms with E-state index in [4.69, 9.17) is 11.6 Å². The van der Waals surface area contributed by atoms with Crippen molar-refractivity contribution in [2.24, 2.45) is 5.92 Å². The number of amides is 1. The third-order valence-corrected chi connectivity index (χ3v) is 2.89. The fourth-order valence-corrected chi connectivity index (χ4v) is 1.95. The highest BCUT2D eigenvalue weighted by Gasteiger charge is 2.21. The number of hydrogen-bond acceptors (Lipinski definition) is 2. The number of nitrogens with one attached hydrogen (secondary N) is 1. The normalized spacial score (nSPS) is 21.1. The second kappa shape index (κ2) is 4.62. The van der Waals surface area contributed by atoms with Gasteiger partial charge in [-0.2, -0.15) is 0 Å². The number of nitrogens with zero attached hydrogens (tertiary/aromatic N) is 1. The van der Waals surface area contributed by atoms with Crippen LogP contribution in [-0.4, -0.2) is 17.4 Å². The fourth-order valence-electron chi connectivity index (χ4n) is 1.84. The SMILES string of the molecule is O=C1NCCCC1Cc1ccc(Cl)nc1. The monoisotopic (exact) mass is 224 g/mol. The Kier molecular flexibility index (Phi) is 3.21. The molecule has 1 saturated heterocycles. The molecule has 0 bridgehead atoms. The van der Waals surface area contributed by atoms with Crippen molar-refractivity contribution < 1.29 is 4.79 Å². The summed E-state index contributed by atoms with van der Waals surface area (Å²) in [7, 11) is 0. The van der Waals surface area contributed by atoms with Crippen molar-refractivity contribution in [2.45, 2.75) is 19.3 Å². The lowest BCUT2D eigenvalue weighted by molar-refractivity contribution is -0.126. The van der Waals surface area contributed by atoms with Crippen LogP contribution in [0.5, 0.6) is 0 Å². The lowest BCUT2D eigenvalue weighted by Crippen LogP contribution is -2.37. The van der Waals surface area contributed by atoms with Crippen LogP contribution in [0.15, 0.2) is 18.3 Å². The largest absolute Gasteiger partial charge is 0.356 e. The molecule has 80 valence electrons. The zero-order chi connectivity index (χ0) is 10.7. The first kappa shape index (κ1) is 10.4. The van der Waals surface area contributed by atoms with E-state index in [1.54, 1.807) is 12.3 Å². The Morgan fingerprint density at radius 3 is 3.07 bits per heavy atom. The molecular weight excluding hydrogens is 212 g/mol. The molecule has 15 heavy (non-hydrogen) atoms. The summed E-state index contributed by atoms with van der Waals surface area (Å²) in [4.78, 5) is 15.5. The molecule has 1 aliphatic heterocycles. The molecule has 1 atom stereocenters. The van der Waals surface area contributed by atoms with Crippen molar-refractivity contribution in [1.82, 2.24) is 10.3 Å². The molecule has 1 fully saturated rings. The molecule has 4 heteroatoms. The smallest absolute Gasteiger partial charge is 0.223 e. The maximum absolute atomic E-state index is 11.5. The third-order valence-electron chi connectivity index (χ3n) is 2.67. The number of carbonyl (C=O) groups excluding carboxylic acids is 1. The van der Waals surface area contributed by atoms with E-state index in [-0.39, 0.29) is 11.8 Å². The Morgan fingerprint density at radius 2 is 2.40 bits per heavy atom. The fraction of sp³-hybridized carbons (Fsp3) is 0.455. The summed E-state index contributed by atoms with van der Waals surface area (Å²) in [6, 6.07) is 3.69. The van der Waals surface area contributed by atoms with Gasteiger partial charge in [-0.25, -0.2) is 4.98 Å². The van der Waals surface area contributed by atoms with Gasteiger partial charge >= 0.3 is 0 Å². The molecule has 1 unspecified atom stereocenters. The van der Waals surface area contributed by atoms with Crippen molar-refractivity contribution in [3.63, 3.8) is 0 Å². The van der Waals surface area contributed by atoms with Gasteiger partial charge in [-0.15, -0.1) is 0 Å². The van der Waals surface area contributed by atoms with E-state index in [0.717, 1.165) is 31.4 Å². The zero-order valence-corrected chi connectivity index (χ0v) is 9.13. The molecule has 1 N–H and O–H groups in total. The van der Waals surface area contributed by atoms with Crippen LogP contribution < -0.4 is 5.32 Å². The minimum absolute atomic E-state index is 0.0988. The maximum atomic E-state index is 11.5. The molecule has 1 aromatic heterocycles. The highest BCUT2D eigenvalue weighted by molar-refractivity contribution is 6.29. The Morgan fingerprint density at radius 1 is 1.53 bits per heavy atom. The van der Waals surface area contributed by atoms with Gasteiger partial charge in [0.05, 0.1) is 0 Å². The van der Waals surface area contributed by atoms with E-state index in [1.807, 2.05) is 6.07 Å². The van der Waals surface area contributed by atoms with Gasteiger partial charge in [0, 0.05) is 18.7 Å². The average Bonchev–Trinajstić information content (AvgIpc) is 2.25. The highest BCUT2D eigenvalue weighted by atomic mass is 35.5. The van der Waals surface area contributed by atoms with Gasteiger partial charge in [0.15, 0.2) is 0 Å². The van der Waals surface area contributed by atoms with Crippen LogP contribution in [0, 0.1) is 5.92 Å². The molecule has 1 aliphatic rings. The van der Waals surface area contributed by atoms with Gasteiger partial charge in [-0.1, -0.05) is 17.7 Å². The first-order valence-electron chi connectivity index (χ1n) is 5.14. The van der Waals surface area contributed by atoms with Crippen LogP contribution in [-0.2, 0) is 11.2 Å². The minimum atomic E-state index is 0.0988. The summed E-state index contributed by atoms with van der Waals surface area (Å²) in [5.74, 6) is 0.262. The lowest BCUT2D eigenvalue weighted by atomic mass is 9.92. The van der Waals surface area contributed by atoms with Crippen molar-refractivity contribution in [1.29, 1.82) is 0 Å². The molecule has 2 heterocycles. The van der Waals surface area contributed by atoms with Crippen LogP contribution >= 0.6 is 11.6 Å². The number of pyridine rings is 1. The number of halogens is 1. The molecule has 2 rings (SSSR count). The summed E-state index contributed by atoms with van der Waals surface area (Å²) < 4.78 is 0. The molecule has 0 spiro atoms. The Balaban J connectivity index is 2.01. The van der Waals surface area contributed by atoms with Gasteiger partial charge in [-0.3, -0.25) is 4.79 Å². The Bertz CT molecular complexity index is 350. The first-order valence-corrected chi connectivity index (χ1v) is 5.51. The summed E-state index contributed by atoms with van der Waals surface area (Å²) in [6.45, 7) is 0.814. The van der Waals surface area contributed by atoms with E-state index >= 15 is 0 Å². The average molecular weight is 225 g/mol. The second-order valence-corrected chi connectivity index (χ2v) is 4.21. The van der Waals surface area contributed by atoms with Crippen molar-refractivity contribution in [3.05, 3.63) is 29.0 Å². The highest BCUT2D eigenvalue weighted by Crippen LogP contribution is 2.17. The van der Waals surface area contributed by atoms with Gasteiger partial charge in [0.25, 0.3) is 0 Å². The molecular formula is C11H13ClN2O. The first-order chi connectivity index (χ1) is 7.25. The van der Waals surface area contributed by atoms with Crippen molar-refractivity contribution in [3.8, 4) is 0 Å². The molecule has 0 aromatic carbocycles. The van der Waals surface area contributed by atoms with Gasteiger partial charge in [0.2, 0.25) is 5.91 Å². The molecule has 0 aliphatic carbocycles. The minimum Gasteiger partial charge on any atom is -0.356 e. The van der Waals surface area contributed by atoms with Gasteiger partial charge in [-0.05, 0) is 30.9 Å². The van der Waals surface area contributed by atoms with Crippen LogP contribution in [0.25, 0.3) is 0 Å². The molecule has 1 amide bonds. The van der Waals surface area contributed by atoms with Crippen molar-refractivity contribution in [2.75, 3.05) is 6.54 Å². The van der Waals surface area contributed by atoms with E-state index in [2.05, 4.69) is 10.3 Å². The van der Waals surface area contributed by atoms with Crippen molar-refractivity contribution >= 4 is 17.5 Å². The number of rotatable bonds is 2. The maximum Gasteiger partial charge on any atom is 0.223 e. The summed E-state index contributed by atoms with van der Waals surface area (Å²) in [5, 5.41) is 3.37. The van der Waals surface area contributed by atoms with Crippen LogP contribution in [0.1, 0.15) is 18.4 Å². The molecule has 0 radical (unpaired) electrons. The molecule has 1 aromatic rings. The third kappa shape index (κ3) is 2.69. The number of aromatic nitrogens is 1. The van der Waals surface area contributed by atoms with E-state index < -0.39 is 0 Å². The van der Waals surface area contributed by atoms with Crippen LogP contribution in [0.3, 0.4) is 0 Å². The number of carbonyl (C=O) groups is 1. The predicted molar refractivity (Wildman–Crippen MR) is 58.7 cm³/mol. The standard InChI is InChI=1S/C11H13ClN2O/c12-10-4-3-8(7-14-10)6-9-2-1-5-13-11(9)15/h3-4,7,9H,1-2,5-6H2,(H,13,15).